The van der Waals surface area contributed by atoms with E-state index in [1.54, 1.807) is 43.2 Å². The lowest BCUT2D eigenvalue weighted by atomic mass is 10.1. The second-order valence-electron chi connectivity index (χ2n) is 6.02. The van der Waals surface area contributed by atoms with Crippen LogP contribution in [0.2, 0.25) is 0 Å². The van der Waals surface area contributed by atoms with E-state index >= 15 is 0 Å². The van der Waals surface area contributed by atoms with Crippen molar-refractivity contribution in [3.63, 3.8) is 0 Å². The normalized spacial score (nSPS) is 10.8. The second kappa shape index (κ2) is 6.36. The molecule has 0 aliphatic carbocycles. The van der Waals surface area contributed by atoms with Crippen molar-refractivity contribution in [3.8, 4) is 11.3 Å². The molecular formula is C19H16N6O. The molecule has 1 N–H and O–H groups in total. The van der Waals surface area contributed by atoms with Crippen LogP contribution in [0.4, 0.5) is 5.82 Å². The number of imidazole rings is 1. The summed E-state index contributed by atoms with van der Waals surface area (Å²) in [5.41, 5.74) is 4.00. The highest BCUT2D eigenvalue weighted by Crippen LogP contribution is 2.23. The number of pyridine rings is 3. The minimum atomic E-state index is -0.224. The van der Waals surface area contributed by atoms with Gasteiger partial charge in [0.05, 0.1) is 29.9 Å². The fourth-order valence-electron chi connectivity index (χ4n) is 2.75. The van der Waals surface area contributed by atoms with E-state index in [0.717, 1.165) is 27.9 Å². The highest BCUT2D eigenvalue weighted by Gasteiger charge is 2.09. The summed E-state index contributed by atoms with van der Waals surface area (Å²) in [7, 11) is 1.93. The number of hydrogen-bond donors (Lipinski definition) is 1. The maximum atomic E-state index is 12.4. The molecule has 4 aromatic rings. The van der Waals surface area contributed by atoms with Crippen LogP contribution in [0.15, 0.2) is 55.4 Å². The lowest BCUT2D eigenvalue weighted by molar-refractivity contribution is 0.102. The molecule has 0 saturated heterocycles. The third-order valence-electron chi connectivity index (χ3n) is 4.08. The first kappa shape index (κ1) is 15.9. The van der Waals surface area contributed by atoms with Gasteiger partial charge in [-0.2, -0.15) is 0 Å². The number of fused-ring (bicyclic) bond motifs is 1. The second-order valence-corrected chi connectivity index (χ2v) is 6.02. The molecule has 4 aromatic heterocycles. The van der Waals surface area contributed by atoms with E-state index in [-0.39, 0.29) is 5.91 Å². The Morgan fingerprint density at radius 1 is 1.08 bits per heavy atom. The summed E-state index contributed by atoms with van der Waals surface area (Å²) < 4.78 is 1.93. The predicted molar refractivity (Wildman–Crippen MR) is 98.7 cm³/mol. The van der Waals surface area contributed by atoms with Crippen LogP contribution >= 0.6 is 0 Å². The van der Waals surface area contributed by atoms with Gasteiger partial charge in [-0.05, 0) is 31.2 Å². The molecule has 26 heavy (non-hydrogen) atoms. The molecule has 0 fully saturated rings. The Balaban J connectivity index is 1.66. The fraction of sp³-hybridized carbons (Fsp3) is 0.105. The van der Waals surface area contributed by atoms with Crippen LogP contribution in [0.25, 0.3) is 22.2 Å². The minimum absolute atomic E-state index is 0.224. The van der Waals surface area contributed by atoms with E-state index in [9.17, 15) is 4.79 Å². The largest absolute Gasteiger partial charge is 0.334 e. The fourth-order valence-corrected chi connectivity index (χ4v) is 2.75. The van der Waals surface area contributed by atoms with Gasteiger partial charge in [0.1, 0.15) is 5.82 Å². The van der Waals surface area contributed by atoms with E-state index in [1.165, 1.54) is 0 Å². The van der Waals surface area contributed by atoms with Crippen LogP contribution in [-0.2, 0) is 7.05 Å². The average Bonchev–Trinajstić information content (AvgIpc) is 3.07. The summed E-state index contributed by atoms with van der Waals surface area (Å²) in [4.78, 5) is 29.4. The molecule has 7 nitrogen and oxygen atoms in total. The molecular weight excluding hydrogens is 328 g/mol. The number of aryl methyl sites for hydroxylation is 2. The van der Waals surface area contributed by atoms with E-state index in [1.807, 2.05) is 30.7 Å². The van der Waals surface area contributed by atoms with Crippen LogP contribution in [-0.4, -0.2) is 30.4 Å². The molecule has 0 atom stereocenters. The number of hydrogen-bond acceptors (Lipinski definition) is 5. The Morgan fingerprint density at radius 3 is 2.73 bits per heavy atom. The quantitative estimate of drug-likeness (QED) is 0.617. The van der Waals surface area contributed by atoms with E-state index in [2.05, 4.69) is 25.3 Å². The first-order chi connectivity index (χ1) is 12.6. The van der Waals surface area contributed by atoms with E-state index in [4.69, 9.17) is 0 Å². The van der Waals surface area contributed by atoms with Crippen LogP contribution < -0.4 is 5.32 Å². The minimum Gasteiger partial charge on any atom is -0.334 e. The van der Waals surface area contributed by atoms with Crippen molar-refractivity contribution < 1.29 is 4.79 Å². The molecule has 7 heteroatoms. The average molecular weight is 344 g/mol. The number of rotatable bonds is 3. The van der Waals surface area contributed by atoms with E-state index < -0.39 is 0 Å². The first-order valence-corrected chi connectivity index (χ1v) is 8.07. The number of nitrogens with one attached hydrogen (secondary N) is 1. The maximum absolute atomic E-state index is 12.4. The molecule has 4 heterocycles. The van der Waals surface area contributed by atoms with Crippen molar-refractivity contribution in [2.75, 3.05) is 5.32 Å². The standard InChI is InChI=1S/C19H16N6O/c1-12-5-13(3-4-21-12)19(26)24-18-7-14-6-15(8-22-16(14)9-23-18)17-10-20-11-25(17)2/h3-11H,1-2H3,(H,23,24,26). The van der Waals surface area contributed by atoms with Crippen molar-refractivity contribution in [2.24, 2.45) is 7.05 Å². The molecule has 0 radical (unpaired) electrons. The molecule has 0 saturated carbocycles. The zero-order valence-corrected chi connectivity index (χ0v) is 14.3. The molecule has 0 spiro atoms. The van der Waals surface area contributed by atoms with Crippen molar-refractivity contribution in [3.05, 3.63) is 66.6 Å². The van der Waals surface area contributed by atoms with Crippen molar-refractivity contribution in [2.45, 2.75) is 6.92 Å². The smallest absolute Gasteiger partial charge is 0.256 e. The molecule has 0 aliphatic rings. The molecule has 1 amide bonds. The maximum Gasteiger partial charge on any atom is 0.256 e. The molecule has 128 valence electrons. The summed E-state index contributed by atoms with van der Waals surface area (Å²) in [5, 5.41) is 3.71. The van der Waals surface area contributed by atoms with Gasteiger partial charge in [-0.25, -0.2) is 9.97 Å². The Labute approximate surface area is 149 Å². The molecule has 0 aliphatic heterocycles. The predicted octanol–water partition coefficient (Wildman–Crippen LogP) is 2.99. The number of carbonyl (C=O) groups is 1. The van der Waals surface area contributed by atoms with Gasteiger partial charge in [0.15, 0.2) is 0 Å². The topological polar surface area (TPSA) is 85.6 Å². The number of amides is 1. The van der Waals surface area contributed by atoms with Crippen molar-refractivity contribution >= 4 is 22.6 Å². The highest BCUT2D eigenvalue weighted by atomic mass is 16.1. The van der Waals surface area contributed by atoms with Crippen molar-refractivity contribution in [1.29, 1.82) is 0 Å². The van der Waals surface area contributed by atoms with Gasteiger partial charge in [-0.1, -0.05) is 0 Å². The number of nitrogens with zero attached hydrogens (tertiary/aromatic N) is 5. The molecule has 0 aromatic carbocycles. The van der Waals surface area contributed by atoms with Crippen LogP contribution in [0.5, 0.6) is 0 Å². The van der Waals surface area contributed by atoms with E-state index in [0.29, 0.717) is 11.4 Å². The highest BCUT2D eigenvalue weighted by molar-refractivity contribution is 6.04. The molecule has 0 unspecified atom stereocenters. The molecule has 4 rings (SSSR count). The third kappa shape index (κ3) is 3.02. The Morgan fingerprint density at radius 2 is 1.96 bits per heavy atom. The van der Waals surface area contributed by atoms with Gasteiger partial charge in [0.2, 0.25) is 0 Å². The van der Waals surface area contributed by atoms with Crippen LogP contribution in [0.3, 0.4) is 0 Å². The Kier molecular flexibility index (Phi) is 3.89. The Hall–Kier alpha value is -3.61. The van der Waals surface area contributed by atoms with Crippen LogP contribution in [0.1, 0.15) is 16.1 Å². The van der Waals surface area contributed by atoms with Gasteiger partial charge in [-0.3, -0.25) is 14.8 Å². The summed E-state index contributed by atoms with van der Waals surface area (Å²) in [6.07, 6.45) is 8.59. The van der Waals surface area contributed by atoms with Gasteiger partial charge in [-0.15, -0.1) is 0 Å². The summed E-state index contributed by atoms with van der Waals surface area (Å²) in [5.74, 6) is 0.249. The first-order valence-electron chi connectivity index (χ1n) is 8.07. The van der Waals surface area contributed by atoms with Gasteiger partial charge in [0, 0.05) is 41.6 Å². The summed E-state index contributed by atoms with van der Waals surface area (Å²) >= 11 is 0. The summed E-state index contributed by atoms with van der Waals surface area (Å²) in [6, 6.07) is 7.23. The number of aromatic nitrogens is 5. The lowest BCUT2D eigenvalue weighted by Crippen LogP contribution is -2.13. The zero-order chi connectivity index (χ0) is 18.1. The van der Waals surface area contributed by atoms with Gasteiger partial charge in [0.25, 0.3) is 5.91 Å². The number of carbonyl (C=O) groups excluding carboxylic acids is 1. The SMILES string of the molecule is Cc1cc(C(=O)Nc2cc3cc(-c4cncn4C)cnc3cn2)ccn1. The Bertz CT molecular complexity index is 1120. The van der Waals surface area contributed by atoms with Crippen molar-refractivity contribution in [1.82, 2.24) is 24.5 Å². The van der Waals surface area contributed by atoms with Gasteiger partial charge < -0.3 is 9.88 Å². The zero-order valence-electron chi connectivity index (χ0n) is 14.3. The van der Waals surface area contributed by atoms with Crippen LogP contribution in [0, 0.1) is 6.92 Å². The number of anilines is 1. The molecule has 0 bridgehead atoms. The lowest BCUT2D eigenvalue weighted by Gasteiger charge is -2.07. The monoisotopic (exact) mass is 344 g/mol. The summed E-state index contributed by atoms with van der Waals surface area (Å²) in [6.45, 7) is 1.84. The van der Waals surface area contributed by atoms with Gasteiger partial charge >= 0.3 is 0 Å². The third-order valence-corrected chi connectivity index (χ3v) is 4.08.